The van der Waals surface area contributed by atoms with Gasteiger partial charge in [-0.05, 0) is 49.7 Å². The van der Waals surface area contributed by atoms with Crippen LogP contribution in [-0.4, -0.2) is 48.4 Å². The molecule has 0 unspecified atom stereocenters. The molecule has 0 spiro atoms. The molecule has 0 saturated carbocycles. The number of amides is 1. The fourth-order valence-electron chi connectivity index (χ4n) is 3.79. The number of hydrogen-bond acceptors (Lipinski definition) is 6. The molecule has 0 bridgehead atoms. The Hall–Kier alpha value is -3.85. The molecule has 2 N–H and O–H groups in total. The largest absolute Gasteiger partial charge is 0.317 e. The topological polar surface area (TPSA) is 102 Å². The van der Waals surface area contributed by atoms with Gasteiger partial charge in [0, 0.05) is 30.6 Å². The molecular formula is C22H22N8O. The molecule has 9 heteroatoms. The maximum absolute atomic E-state index is 13.1. The van der Waals surface area contributed by atoms with Gasteiger partial charge < -0.3 is 10.6 Å². The minimum Gasteiger partial charge on any atom is -0.317 e. The maximum atomic E-state index is 13.1. The number of aromatic nitrogens is 6. The molecule has 156 valence electrons. The van der Waals surface area contributed by atoms with Crippen LogP contribution in [0.1, 0.15) is 40.4 Å². The molecule has 5 heterocycles. The highest BCUT2D eigenvalue weighted by atomic mass is 16.1. The van der Waals surface area contributed by atoms with Crippen molar-refractivity contribution >= 4 is 23.4 Å². The van der Waals surface area contributed by atoms with Crippen molar-refractivity contribution in [2.75, 3.05) is 18.4 Å². The van der Waals surface area contributed by atoms with Crippen molar-refractivity contribution in [3.63, 3.8) is 0 Å². The van der Waals surface area contributed by atoms with Crippen LogP contribution in [0.3, 0.4) is 0 Å². The summed E-state index contributed by atoms with van der Waals surface area (Å²) >= 11 is 0. The van der Waals surface area contributed by atoms with Gasteiger partial charge in [0.15, 0.2) is 11.5 Å². The van der Waals surface area contributed by atoms with E-state index in [0.29, 0.717) is 28.8 Å². The van der Waals surface area contributed by atoms with E-state index >= 15 is 0 Å². The molecule has 0 radical (unpaired) electrons. The lowest BCUT2D eigenvalue weighted by Gasteiger charge is -2.20. The van der Waals surface area contributed by atoms with Crippen LogP contribution in [0.15, 0.2) is 55.6 Å². The molecular weight excluding hydrogens is 392 g/mol. The predicted molar refractivity (Wildman–Crippen MR) is 117 cm³/mol. The second kappa shape index (κ2) is 8.11. The molecule has 9 nitrogen and oxygen atoms in total. The van der Waals surface area contributed by atoms with Crippen LogP contribution in [0.5, 0.6) is 0 Å². The fourth-order valence-corrected chi connectivity index (χ4v) is 3.79. The number of rotatable bonds is 5. The van der Waals surface area contributed by atoms with Crippen molar-refractivity contribution in [1.82, 2.24) is 34.7 Å². The van der Waals surface area contributed by atoms with Gasteiger partial charge in [0.1, 0.15) is 11.4 Å². The number of nitrogens with zero attached hydrogens (tertiary/aromatic N) is 6. The molecule has 0 aliphatic carbocycles. The van der Waals surface area contributed by atoms with Gasteiger partial charge in [0.05, 0.1) is 11.9 Å². The van der Waals surface area contributed by atoms with Crippen molar-refractivity contribution in [3.05, 3.63) is 72.5 Å². The summed E-state index contributed by atoms with van der Waals surface area (Å²) < 4.78 is 3.25. The Kier molecular flexibility index (Phi) is 5.01. The van der Waals surface area contributed by atoms with Gasteiger partial charge in [-0.2, -0.15) is 14.9 Å². The lowest BCUT2D eigenvalue weighted by atomic mass is 9.95. The lowest BCUT2D eigenvalue weighted by Crippen LogP contribution is -2.26. The van der Waals surface area contributed by atoms with E-state index in [0.717, 1.165) is 37.2 Å². The van der Waals surface area contributed by atoms with Gasteiger partial charge in [0.25, 0.3) is 5.91 Å². The summed E-state index contributed by atoms with van der Waals surface area (Å²) in [6.07, 6.45) is 10.4. The molecule has 0 atom stereocenters. The van der Waals surface area contributed by atoms with Crippen molar-refractivity contribution in [2.45, 2.75) is 18.8 Å². The van der Waals surface area contributed by atoms with Crippen molar-refractivity contribution in [2.24, 2.45) is 0 Å². The van der Waals surface area contributed by atoms with Crippen LogP contribution < -0.4 is 10.6 Å². The molecule has 5 rings (SSSR count). The fraction of sp³-hybridized carbons (Fsp3) is 0.227. The van der Waals surface area contributed by atoms with Crippen LogP contribution in [0.4, 0.5) is 5.82 Å². The van der Waals surface area contributed by atoms with Crippen LogP contribution >= 0.6 is 0 Å². The quantitative estimate of drug-likeness (QED) is 0.521. The Morgan fingerprint density at radius 3 is 2.87 bits per heavy atom. The zero-order valence-corrected chi connectivity index (χ0v) is 16.9. The molecule has 4 aromatic heterocycles. The van der Waals surface area contributed by atoms with E-state index in [9.17, 15) is 4.79 Å². The molecule has 31 heavy (non-hydrogen) atoms. The second-order valence-corrected chi connectivity index (χ2v) is 7.44. The first-order valence-electron chi connectivity index (χ1n) is 10.2. The van der Waals surface area contributed by atoms with Crippen LogP contribution in [0.2, 0.25) is 0 Å². The zero-order chi connectivity index (χ0) is 21.2. The minimum absolute atomic E-state index is 0.297. The van der Waals surface area contributed by atoms with Gasteiger partial charge in [-0.25, -0.2) is 14.5 Å². The van der Waals surface area contributed by atoms with E-state index in [1.807, 2.05) is 18.2 Å². The standard InChI is InChI=1S/C22H22N8O/c1-2-15-4-5-19(25-13-15)30-20(12-18(28-30)16-6-9-23-10-7-16)27-22(31)17-14-26-29-11-3-8-24-21(17)29/h2-5,8,11-14,16,23H,1,6-7,9-10H2,(H,27,31). The number of hydrogen-bond donors (Lipinski definition) is 2. The number of anilines is 1. The summed E-state index contributed by atoms with van der Waals surface area (Å²) in [5.41, 5.74) is 2.76. The average molecular weight is 414 g/mol. The van der Waals surface area contributed by atoms with Gasteiger partial charge >= 0.3 is 0 Å². The molecule has 1 fully saturated rings. The first kappa shape index (κ1) is 19.1. The maximum Gasteiger partial charge on any atom is 0.262 e. The Labute approximate surface area is 178 Å². The highest BCUT2D eigenvalue weighted by Gasteiger charge is 2.23. The first-order valence-corrected chi connectivity index (χ1v) is 10.2. The molecule has 1 aliphatic heterocycles. The van der Waals surface area contributed by atoms with E-state index in [4.69, 9.17) is 5.10 Å². The minimum atomic E-state index is -0.297. The second-order valence-electron chi connectivity index (χ2n) is 7.44. The SMILES string of the molecule is C=Cc1ccc(-n2nc(C3CCNCC3)cc2NC(=O)c2cnn3cccnc23)nc1. The summed E-state index contributed by atoms with van der Waals surface area (Å²) in [6, 6.07) is 7.49. The monoisotopic (exact) mass is 414 g/mol. The Morgan fingerprint density at radius 1 is 1.23 bits per heavy atom. The highest BCUT2D eigenvalue weighted by molar-refractivity contribution is 6.07. The number of nitrogens with one attached hydrogen (secondary N) is 2. The molecule has 1 amide bonds. The lowest BCUT2D eigenvalue weighted by molar-refractivity contribution is 0.102. The summed E-state index contributed by atoms with van der Waals surface area (Å²) in [7, 11) is 0. The Bertz CT molecular complexity index is 1230. The number of fused-ring (bicyclic) bond motifs is 1. The van der Waals surface area contributed by atoms with Gasteiger partial charge in [-0.3, -0.25) is 4.79 Å². The third-order valence-electron chi connectivity index (χ3n) is 5.47. The molecule has 4 aromatic rings. The van der Waals surface area contributed by atoms with E-state index in [-0.39, 0.29) is 5.91 Å². The molecule has 0 aromatic carbocycles. The van der Waals surface area contributed by atoms with E-state index in [1.54, 1.807) is 39.9 Å². The number of pyridine rings is 1. The van der Waals surface area contributed by atoms with E-state index in [1.165, 1.54) is 6.20 Å². The summed E-state index contributed by atoms with van der Waals surface area (Å²) in [6.45, 7) is 5.69. The Morgan fingerprint density at radius 2 is 2.10 bits per heavy atom. The van der Waals surface area contributed by atoms with Crippen LogP contribution in [0, 0.1) is 0 Å². The van der Waals surface area contributed by atoms with Gasteiger partial charge in [-0.1, -0.05) is 12.7 Å². The first-order chi connectivity index (χ1) is 15.2. The summed E-state index contributed by atoms with van der Waals surface area (Å²) in [5, 5.41) is 15.4. The zero-order valence-electron chi connectivity index (χ0n) is 16.9. The van der Waals surface area contributed by atoms with Gasteiger partial charge in [0.2, 0.25) is 0 Å². The molecule has 1 saturated heterocycles. The third-order valence-corrected chi connectivity index (χ3v) is 5.47. The van der Waals surface area contributed by atoms with Crippen molar-refractivity contribution in [3.8, 4) is 5.82 Å². The average Bonchev–Trinajstić information content (AvgIpc) is 3.44. The van der Waals surface area contributed by atoms with Crippen LogP contribution in [-0.2, 0) is 0 Å². The van der Waals surface area contributed by atoms with Crippen molar-refractivity contribution < 1.29 is 4.79 Å². The number of carbonyl (C=O) groups excluding carboxylic acids is 1. The van der Waals surface area contributed by atoms with E-state index in [2.05, 4.69) is 32.3 Å². The smallest absolute Gasteiger partial charge is 0.262 e. The third kappa shape index (κ3) is 3.71. The Balaban J connectivity index is 1.51. The predicted octanol–water partition coefficient (Wildman–Crippen LogP) is 2.67. The van der Waals surface area contributed by atoms with E-state index < -0.39 is 0 Å². The summed E-state index contributed by atoms with van der Waals surface area (Å²) in [4.78, 5) is 21.8. The normalized spacial score (nSPS) is 14.6. The molecule has 1 aliphatic rings. The van der Waals surface area contributed by atoms with Gasteiger partial charge in [-0.15, -0.1) is 0 Å². The van der Waals surface area contributed by atoms with Crippen molar-refractivity contribution in [1.29, 1.82) is 0 Å². The number of piperidine rings is 1. The van der Waals surface area contributed by atoms with Crippen LogP contribution in [0.25, 0.3) is 17.5 Å². The summed E-state index contributed by atoms with van der Waals surface area (Å²) in [5.74, 6) is 1.23. The highest BCUT2D eigenvalue weighted by Crippen LogP contribution is 2.28. The number of carbonyl (C=O) groups is 1.